The van der Waals surface area contributed by atoms with Gasteiger partial charge in [-0.05, 0) is 31.0 Å². The van der Waals surface area contributed by atoms with Crippen molar-refractivity contribution in [2.45, 2.75) is 30.7 Å². The Labute approximate surface area is 143 Å². The fourth-order valence-electron chi connectivity index (χ4n) is 2.73. The molecule has 0 saturated carbocycles. The van der Waals surface area contributed by atoms with Gasteiger partial charge < -0.3 is 14.8 Å². The van der Waals surface area contributed by atoms with Gasteiger partial charge in [-0.15, -0.1) is 12.4 Å². The van der Waals surface area contributed by atoms with Crippen LogP contribution in [0.25, 0.3) is 0 Å². The van der Waals surface area contributed by atoms with Gasteiger partial charge >= 0.3 is 0 Å². The highest BCUT2D eigenvalue weighted by Gasteiger charge is 2.27. The third-order valence-corrected chi connectivity index (χ3v) is 5.65. The molecule has 3 rings (SSSR count). The molecule has 2 atom stereocenters. The van der Waals surface area contributed by atoms with E-state index in [0.717, 1.165) is 19.4 Å². The van der Waals surface area contributed by atoms with Crippen LogP contribution in [0.3, 0.4) is 0 Å². The van der Waals surface area contributed by atoms with Gasteiger partial charge in [-0.1, -0.05) is 6.92 Å². The summed E-state index contributed by atoms with van der Waals surface area (Å²) in [5.41, 5.74) is 0. The molecular weight excluding hydrogens is 340 g/mol. The number of ether oxygens (including phenoxy) is 2. The molecule has 2 N–H and O–H groups in total. The van der Waals surface area contributed by atoms with Crippen LogP contribution in [-0.2, 0) is 10.0 Å². The number of halogens is 1. The highest BCUT2D eigenvalue weighted by Crippen LogP contribution is 2.32. The maximum atomic E-state index is 12.6. The molecule has 130 valence electrons. The second kappa shape index (κ2) is 7.70. The average Bonchev–Trinajstić information content (AvgIpc) is 2.74. The van der Waals surface area contributed by atoms with E-state index in [4.69, 9.17) is 9.47 Å². The fourth-order valence-corrected chi connectivity index (χ4v) is 4.09. The highest BCUT2D eigenvalue weighted by molar-refractivity contribution is 7.89. The maximum Gasteiger partial charge on any atom is 0.241 e. The highest BCUT2D eigenvalue weighted by atomic mass is 35.5. The first-order valence-electron chi connectivity index (χ1n) is 7.69. The second-order valence-corrected chi connectivity index (χ2v) is 7.57. The summed E-state index contributed by atoms with van der Waals surface area (Å²) in [6.45, 7) is 4.78. The van der Waals surface area contributed by atoms with Gasteiger partial charge in [0.05, 0.1) is 18.1 Å². The lowest BCUT2D eigenvalue weighted by atomic mass is 9.96. The third kappa shape index (κ3) is 4.29. The van der Waals surface area contributed by atoms with Crippen LogP contribution in [0.2, 0.25) is 0 Å². The molecule has 2 aliphatic heterocycles. The van der Waals surface area contributed by atoms with Crippen LogP contribution in [0.1, 0.15) is 19.8 Å². The molecule has 1 aromatic rings. The lowest BCUT2D eigenvalue weighted by molar-refractivity contribution is 0.297. The van der Waals surface area contributed by atoms with Gasteiger partial charge in [-0.3, -0.25) is 0 Å². The number of rotatable bonds is 3. The van der Waals surface area contributed by atoms with Crippen molar-refractivity contribution in [1.29, 1.82) is 0 Å². The molecule has 1 saturated heterocycles. The molecule has 0 radical (unpaired) electrons. The minimum Gasteiger partial charge on any atom is -0.490 e. The maximum absolute atomic E-state index is 12.6. The van der Waals surface area contributed by atoms with Crippen molar-refractivity contribution in [1.82, 2.24) is 10.0 Å². The molecule has 2 heterocycles. The van der Waals surface area contributed by atoms with Gasteiger partial charge in [0.2, 0.25) is 10.0 Å². The molecule has 23 heavy (non-hydrogen) atoms. The van der Waals surface area contributed by atoms with E-state index >= 15 is 0 Å². The Balaban J connectivity index is 0.00000192. The largest absolute Gasteiger partial charge is 0.490 e. The van der Waals surface area contributed by atoms with Crippen LogP contribution in [0.15, 0.2) is 23.1 Å². The van der Waals surface area contributed by atoms with Crippen LogP contribution in [-0.4, -0.2) is 40.8 Å². The first-order valence-corrected chi connectivity index (χ1v) is 9.17. The summed E-state index contributed by atoms with van der Waals surface area (Å²) < 4.78 is 39.1. The Morgan fingerprint density at radius 1 is 1.22 bits per heavy atom. The van der Waals surface area contributed by atoms with Crippen LogP contribution in [0, 0.1) is 5.92 Å². The normalized spacial score (nSPS) is 24.4. The molecule has 1 aromatic carbocycles. The lowest BCUT2D eigenvalue weighted by Crippen LogP contribution is -2.50. The molecule has 0 bridgehead atoms. The summed E-state index contributed by atoms with van der Waals surface area (Å²) >= 11 is 0. The number of hydrogen-bond acceptors (Lipinski definition) is 5. The minimum atomic E-state index is -3.56. The Morgan fingerprint density at radius 3 is 2.70 bits per heavy atom. The Hall–Kier alpha value is -1.02. The first kappa shape index (κ1) is 18.3. The number of piperidine rings is 1. The van der Waals surface area contributed by atoms with Crippen molar-refractivity contribution in [3.63, 3.8) is 0 Å². The molecule has 0 aromatic heterocycles. The summed E-state index contributed by atoms with van der Waals surface area (Å²) in [6, 6.07) is 4.69. The third-order valence-electron chi connectivity index (χ3n) is 4.16. The van der Waals surface area contributed by atoms with Crippen molar-refractivity contribution >= 4 is 22.4 Å². The number of nitrogens with one attached hydrogen (secondary N) is 2. The second-order valence-electron chi connectivity index (χ2n) is 5.86. The van der Waals surface area contributed by atoms with Gasteiger partial charge in [0.15, 0.2) is 11.5 Å². The standard InChI is InChI=1S/C15H22N2O4S.ClH/c1-11-5-6-16-10-13(11)17-22(18,19)12-3-4-14-15(9-12)21-8-2-7-20-14;/h3-4,9,11,13,16-17H,2,5-8,10H2,1H3;1H. The summed E-state index contributed by atoms with van der Waals surface area (Å²) in [4.78, 5) is 0.217. The van der Waals surface area contributed by atoms with Crippen molar-refractivity contribution in [3.8, 4) is 11.5 Å². The van der Waals surface area contributed by atoms with Gasteiger partial charge in [0.25, 0.3) is 0 Å². The Morgan fingerprint density at radius 2 is 1.96 bits per heavy atom. The van der Waals surface area contributed by atoms with E-state index < -0.39 is 10.0 Å². The monoisotopic (exact) mass is 362 g/mol. The molecular formula is C15H23ClN2O4S. The number of fused-ring (bicyclic) bond motifs is 1. The first-order chi connectivity index (χ1) is 10.6. The number of sulfonamides is 1. The van der Waals surface area contributed by atoms with Gasteiger partial charge in [-0.25, -0.2) is 13.1 Å². The minimum absolute atomic E-state index is 0. The van der Waals surface area contributed by atoms with Crippen LogP contribution < -0.4 is 19.5 Å². The zero-order valence-electron chi connectivity index (χ0n) is 13.1. The Bertz CT molecular complexity index is 638. The van der Waals surface area contributed by atoms with Crippen molar-refractivity contribution in [2.24, 2.45) is 5.92 Å². The SMILES string of the molecule is CC1CCNCC1NS(=O)(=O)c1ccc2c(c1)OCCCO2.Cl. The van der Waals surface area contributed by atoms with Crippen molar-refractivity contribution < 1.29 is 17.9 Å². The van der Waals surface area contributed by atoms with Crippen LogP contribution in [0.5, 0.6) is 11.5 Å². The Kier molecular flexibility index (Phi) is 6.13. The van der Waals surface area contributed by atoms with E-state index in [9.17, 15) is 8.42 Å². The fraction of sp³-hybridized carbons (Fsp3) is 0.600. The average molecular weight is 363 g/mol. The van der Waals surface area contributed by atoms with E-state index in [1.54, 1.807) is 18.2 Å². The van der Waals surface area contributed by atoms with Gasteiger partial charge in [0, 0.05) is 25.1 Å². The lowest BCUT2D eigenvalue weighted by Gasteiger charge is -2.30. The van der Waals surface area contributed by atoms with E-state index in [1.165, 1.54) is 0 Å². The zero-order valence-corrected chi connectivity index (χ0v) is 14.7. The van der Waals surface area contributed by atoms with E-state index in [-0.39, 0.29) is 23.3 Å². The molecule has 6 nitrogen and oxygen atoms in total. The quantitative estimate of drug-likeness (QED) is 0.853. The van der Waals surface area contributed by atoms with Gasteiger partial charge in [0.1, 0.15) is 0 Å². The van der Waals surface area contributed by atoms with Crippen molar-refractivity contribution in [2.75, 3.05) is 26.3 Å². The van der Waals surface area contributed by atoms with E-state index in [2.05, 4.69) is 17.0 Å². The molecule has 1 fully saturated rings. The summed E-state index contributed by atoms with van der Waals surface area (Å²) in [5, 5.41) is 3.23. The number of hydrogen-bond donors (Lipinski definition) is 2. The predicted octanol–water partition coefficient (Wildman–Crippen LogP) is 1.55. The van der Waals surface area contributed by atoms with E-state index in [1.807, 2.05) is 0 Å². The molecule has 2 unspecified atom stereocenters. The van der Waals surface area contributed by atoms with Crippen LogP contribution >= 0.6 is 12.4 Å². The summed E-state index contributed by atoms with van der Waals surface area (Å²) in [5.74, 6) is 1.41. The van der Waals surface area contributed by atoms with Gasteiger partial charge in [-0.2, -0.15) is 0 Å². The molecule has 0 aliphatic carbocycles. The zero-order chi connectivity index (χ0) is 15.6. The predicted molar refractivity (Wildman–Crippen MR) is 90.1 cm³/mol. The van der Waals surface area contributed by atoms with Crippen LogP contribution in [0.4, 0.5) is 0 Å². The molecule has 2 aliphatic rings. The molecule has 0 amide bonds. The molecule has 8 heteroatoms. The smallest absolute Gasteiger partial charge is 0.241 e. The van der Waals surface area contributed by atoms with Crippen molar-refractivity contribution in [3.05, 3.63) is 18.2 Å². The topological polar surface area (TPSA) is 76.7 Å². The summed E-state index contributed by atoms with van der Waals surface area (Å²) in [6.07, 6.45) is 1.76. The van der Waals surface area contributed by atoms with E-state index in [0.29, 0.717) is 37.2 Å². The summed E-state index contributed by atoms with van der Waals surface area (Å²) in [7, 11) is -3.56. The molecule has 0 spiro atoms. The number of benzene rings is 1.